The molecule has 3 rings (SSSR count). The van der Waals surface area contributed by atoms with Crippen molar-refractivity contribution in [2.45, 2.75) is 32.4 Å². The number of benzene rings is 2. The first-order valence-electron chi connectivity index (χ1n) is 9.01. The van der Waals surface area contributed by atoms with Crippen molar-refractivity contribution in [1.82, 2.24) is 5.32 Å². The molecule has 6 nitrogen and oxygen atoms in total. The van der Waals surface area contributed by atoms with Gasteiger partial charge in [-0.25, -0.2) is 4.39 Å². The molecule has 28 heavy (non-hydrogen) atoms. The summed E-state index contributed by atoms with van der Waals surface area (Å²) in [6.45, 7) is 3.02. The first kappa shape index (κ1) is 19.5. The molecule has 0 saturated heterocycles. The maximum absolute atomic E-state index is 13.2. The lowest BCUT2D eigenvalue weighted by atomic mass is 10.1. The van der Waals surface area contributed by atoms with E-state index in [1.54, 1.807) is 4.90 Å². The van der Waals surface area contributed by atoms with E-state index < -0.39 is 30.3 Å². The van der Waals surface area contributed by atoms with E-state index in [9.17, 15) is 18.8 Å². The van der Waals surface area contributed by atoms with E-state index in [1.807, 2.05) is 31.2 Å². The largest absolute Gasteiger partial charge is 0.451 e. The van der Waals surface area contributed by atoms with E-state index in [0.29, 0.717) is 0 Å². The molecule has 0 radical (unpaired) electrons. The molecule has 0 saturated carbocycles. The van der Waals surface area contributed by atoms with E-state index in [0.717, 1.165) is 23.7 Å². The van der Waals surface area contributed by atoms with Crippen LogP contribution in [0.25, 0.3) is 0 Å². The van der Waals surface area contributed by atoms with Crippen LogP contribution in [0.1, 0.15) is 29.8 Å². The van der Waals surface area contributed by atoms with Crippen molar-refractivity contribution in [3.63, 3.8) is 0 Å². The number of halogens is 1. The molecule has 0 aromatic heterocycles. The second kappa shape index (κ2) is 8.21. The van der Waals surface area contributed by atoms with Gasteiger partial charge in [0.25, 0.3) is 11.8 Å². The third-order valence-electron chi connectivity index (χ3n) is 4.58. The summed E-state index contributed by atoms with van der Waals surface area (Å²) in [4.78, 5) is 38.4. The molecule has 1 N–H and O–H groups in total. The molecule has 146 valence electrons. The number of nitrogens with one attached hydrogen (secondary N) is 1. The van der Waals surface area contributed by atoms with E-state index in [4.69, 9.17) is 4.74 Å². The molecule has 0 spiro atoms. The number of nitrogens with zero attached hydrogens (tertiary/aromatic N) is 1. The molecule has 2 aromatic rings. The van der Waals surface area contributed by atoms with Crippen LogP contribution in [0, 0.1) is 5.82 Å². The van der Waals surface area contributed by atoms with Crippen molar-refractivity contribution in [1.29, 1.82) is 0 Å². The highest BCUT2D eigenvalue weighted by atomic mass is 19.1. The van der Waals surface area contributed by atoms with Gasteiger partial charge in [-0.3, -0.25) is 14.4 Å². The fourth-order valence-electron chi connectivity index (χ4n) is 3.27. The highest BCUT2D eigenvalue weighted by molar-refractivity contribution is 6.00. The molecule has 7 heteroatoms. The standard InChI is InChI=1S/C21H21FN2O4/c1-13-10-15-6-3-4-9-18(15)24(13)21(27)14(2)28-19(25)12-23-20(26)16-7-5-8-17(22)11-16/h3-9,11,13-14H,10,12H2,1-2H3,(H,23,26)/t13-,14-/m0/s1. The number of rotatable bonds is 5. The molecule has 1 heterocycles. The Bertz CT molecular complexity index is 915. The van der Waals surface area contributed by atoms with Crippen LogP contribution in [0.3, 0.4) is 0 Å². The molecular formula is C21H21FN2O4. The van der Waals surface area contributed by atoms with Crippen LogP contribution < -0.4 is 10.2 Å². The predicted molar refractivity (Wildman–Crippen MR) is 101 cm³/mol. The maximum atomic E-state index is 13.2. The van der Waals surface area contributed by atoms with Gasteiger partial charge >= 0.3 is 5.97 Å². The fourth-order valence-corrected chi connectivity index (χ4v) is 3.27. The third-order valence-corrected chi connectivity index (χ3v) is 4.58. The van der Waals surface area contributed by atoms with Gasteiger partial charge in [-0.15, -0.1) is 0 Å². The summed E-state index contributed by atoms with van der Waals surface area (Å²) >= 11 is 0. The number of amides is 2. The Morgan fingerprint density at radius 2 is 1.96 bits per heavy atom. The van der Waals surface area contributed by atoms with Crippen molar-refractivity contribution in [3.8, 4) is 0 Å². The van der Waals surface area contributed by atoms with Gasteiger partial charge in [0.1, 0.15) is 12.4 Å². The zero-order valence-electron chi connectivity index (χ0n) is 15.6. The van der Waals surface area contributed by atoms with Crippen LogP contribution in [-0.4, -0.2) is 36.5 Å². The molecule has 0 fully saturated rings. The van der Waals surface area contributed by atoms with Crippen molar-refractivity contribution in [2.24, 2.45) is 0 Å². The monoisotopic (exact) mass is 384 g/mol. The Balaban J connectivity index is 1.55. The SMILES string of the molecule is C[C@H](OC(=O)CNC(=O)c1cccc(F)c1)C(=O)N1c2ccccc2C[C@@H]1C. The molecule has 1 aliphatic rings. The number of esters is 1. The first-order chi connectivity index (χ1) is 13.4. The number of hydrogen-bond acceptors (Lipinski definition) is 4. The molecule has 2 atom stereocenters. The number of hydrogen-bond donors (Lipinski definition) is 1. The van der Waals surface area contributed by atoms with Crippen molar-refractivity contribution in [2.75, 3.05) is 11.4 Å². The zero-order valence-corrected chi connectivity index (χ0v) is 15.6. The van der Waals surface area contributed by atoms with E-state index in [-0.39, 0.29) is 17.5 Å². The molecular weight excluding hydrogens is 363 g/mol. The van der Waals surface area contributed by atoms with Gasteiger partial charge in [0.15, 0.2) is 6.10 Å². The normalized spacial score (nSPS) is 16.2. The Morgan fingerprint density at radius 3 is 2.71 bits per heavy atom. The van der Waals surface area contributed by atoms with Gasteiger partial charge in [0.2, 0.25) is 0 Å². The van der Waals surface area contributed by atoms with Gasteiger partial charge in [-0.2, -0.15) is 0 Å². The molecule has 0 aliphatic carbocycles. The van der Waals surface area contributed by atoms with Gasteiger partial charge in [-0.1, -0.05) is 24.3 Å². The third kappa shape index (κ3) is 4.19. The van der Waals surface area contributed by atoms with Crippen LogP contribution in [0.2, 0.25) is 0 Å². The summed E-state index contributed by atoms with van der Waals surface area (Å²) < 4.78 is 18.3. The summed E-state index contributed by atoms with van der Waals surface area (Å²) in [5.41, 5.74) is 1.99. The molecule has 0 unspecified atom stereocenters. The van der Waals surface area contributed by atoms with Crippen molar-refractivity contribution in [3.05, 3.63) is 65.5 Å². The van der Waals surface area contributed by atoms with E-state index in [2.05, 4.69) is 5.32 Å². The van der Waals surface area contributed by atoms with Crippen molar-refractivity contribution < 1.29 is 23.5 Å². The second-order valence-corrected chi connectivity index (χ2v) is 6.72. The van der Waals surface area contributed by atoms with Gasteiger partial charge in [-0.05, 0) is 50.1 Å². The Hall–Kier alpha value is -3.22. The van der Waals surface area contributed by atoms with Crippen LogP contribution in [-0.2, 0) is 20.7 Å². The lowest BCUT2D eigenvalue weighted by Crippen LogP contribution is -2.44. The number of carbonyl (C=O) groups excluding carboxylic acids is 3. The Kier molecular flexibility index (Phi) is 5.73. The minimum Gasteiger partial charge on any atom is -0.451 e. The van der Waals surface area contributed by atoms with Gasteiger partial charge in [0.05, 0.1) is 0 Å². The van der Waals surface area contributed by atoms with Crippen LogP contribution in [0.15, 0.2) is 48.5 Å². The van der Waals surface area contributed by atoms with Crippen LogP contribution >= 0.6 is 0 Å². The maximum Gasteiger partial charge on any atom is 0.326 e. The molecule has 2 amide bonds. The number of ether oxygens (including phenoxy) is 1. The van der Waals surface area contributed by atoms with Crippen LogP contribution in [0.4, 0.5) is 10.1 Å². The molecule has 1 aliphatic heterocycles. The molecule has 0 bridgehead atoms. The highest BCUT2D eigenvalue weighted by Gasteiger charge is 2.34. The Labute approximate surface area is 162 Å². The summed E-state index contributed by atoms with van der Waals surface area (Å²) in [5, 5.41) is 2.36. The number of anilines is 1. The van der Waals surface area contributed by atoms with Crippen LogP contribution in [0.5, 0.6) is 0 Å². The average Bonchev–Trinajstić information content (AvgIpc) is 3.01. The van der Waals surface area contributed by atoms with Gasteiger partial charge in [0, 0.05) is 17.3 Å². The smallest absolute Gasteiger partial charge is 0.326 e. The summed E-state index contributed by atoms with van der Waals surface area (Å²) in [5.74, 6) is -2.21. The summed E-state index contributed by atoms with van der Waals surface area (Å²) in [6.07, 6.45) is -0.251. The summed E-state index contributed by atoms with van der Waals surface area (Å²) in [6, 6.07) is 12.7. The molecule has 2 aromatic carbocycles. The van der Waals surface area contributed by atoms with E-state index >= 15 is 0 Å². The topological polar surface area (TPSA) is 75.7 Å². The minimum atomic E-state index is -0.993. The van der Waals surface area contributed by atoms with Crippen molar-refractivity contribution >= 4 is 23.5 Å². The highest BCUT2D eigenvalue weighted by Crippen LogP contribution is 2.32. The Morgan fingerprint density at radius 1 is 1.21 bits per heavy atom. The van der Waals surface area contributed by atoms with Gasteiger partial charge < -0.3 is 15.0 Å². The number of para-hydroxylation sites is 1. The zero-order chi connectivity index (χ0) is 20.3. The first-order valence-corrected chi connectivity index (χ1v) is 9.01. The van der Waals surface area contributed by atoms with E-state index in [1.165, 1.54) is 25.1 Å². The second-order valence-electron chi connectivity index (χ2n) is 6.72. The number of carbonyl (C=O) groups is 3. The number of fused-ring (bicyclic) bond motifs is 1. The lowest BCUT2D eigenvalue weighted by Gasteiger charge is -2.26. The fraction of sp³-hybridized carbons (Fsp3) is 0.286. The predicted octanol–water partition coefficient (Wildman–Crippen LogP) is 2.46. The minimum absolute atomic E-state index is 0.0290. The lowest BCUT2D eigenvalue weighted by molar-refractivity contribution is -0.152. The average molecular weight is 384 g/mol. The quantitative estimate of drug-likeness (QED) is 0.804. The summed E-state index contributed by atoms with van der Waals surface area (Å²) in [7, 11) is 0.